The highest BCUT2D eigenvalue weighted by molar-refractivity contribution is 6.37. The number of rotatable bonds is 3. The second-order valence-corrected chi connectivity index (χ2v) is 13.3. The van der Waals surface area contributed by atoms with Crippen LogP contribution in [0.1, 0.15) is 0 Å². The van der Waals surface area contributed by atoms with E-state index in [1.807, 2.05) is 30.6 Å². The third-order valence-corrected chi connectivity index (χ3v) is 10.6. The molecule has 4 nitrogen and oxygen atoms in total. The molecule has 9 aromatic carbocycles. The zero-order valence-corrected chi connectivity index (χ0v) is 27.2. The molecule has 0 atom stereocenters. The summed E-state index contributed by atoms with van der Waals surface area (Å²) in [4.78, 5) is 14.9. The summed E-state index contributed by atoms with van der Waals surface area (Å²) in [6.45, 7) is 0. The van der Waals surface area contributed by atoms with Gasteiger partial charge in [0.15, 0.2) is 5.82 Å². The van der Waals surface area contributed by atoms with Crippen LogP contribution in [0.25, 0.3) is 110 Å². The van der Waals surface area contributed by atoms with Crippen molar-refractivity contribution in [3.05, 3.63) is 152 Å². The van der Waals surface area contributed by atoms with Crippen LogP contribution in [-0.4, -0.2) is 19.5 Å². The second-order valence-electron chi connectivity index (χ2n) is 13.3. The van der Waals surface area contributed by atoms with Crippen LogP contribution in [-0.2, 0) is 7.05 Å². The fourth-order valence-electron chi connectivity index (χ4n) is 8.26. The molecule has 0 saturated carbocycles. The standard InChI is InChI=1S/C46H28N4/c1-50-40-21-20-31(24-39(40)49-46(50)30-8-3-2-4-9-30)34-25-47-45(48-26-34)33-22-32-19-18-29-11-6-14-36-35-13-5-10-27-16-17-28-12-7-15-37(43(28)41(27)35)38(23-33)44(32)42(29)36/h2-26H,1H3. The molecule has 0 aliphatic rings. The Morgan fingerprint density at radius 2 is 1.00 bits per heavy atom. The van der Waals surface area contributed by atoms with Crippen molar-refractivity contribution >= 4 is 75.7 Å². The molecule has 0 amide bonds. The summed E-state index contributed by atoms with van der Waals surface area (Å²) in [5, 5.41) is 15.1. The van der Waals surface area contributed by atoms with Crippen molar-refractivity contribution in [3.8, 4) is 33.9 Å². The van der Waals surface area contributed by atoms with Gasteiger partial charge in [-0.25, -0.2) is 15.0 Å². The van der Waals surface area contributed by atoms with Crippen LogP contribution in [0.15, 0.2) is 152 Å². The Balaban J connectivity index is 1.12. The van der Waals surface area contributed by atoms with E-state index in [4.69, 9.17) is 15.0 Å². The van der Waals surface area contributed by atoms with Crippen molar-refractivity contribution in [2.45, 2.75) is 0 Å². The minimum Gasteiger partial charge on any atom is -0.327 e. The van der Waals surface area contributed by atoms with Gasteiger partial charge in [0, 0.05) is 36.1 Å². The summed E-state index contributed by atoms with van der Waals surface area (Å²) in [7, 11) is 2.07. The predicted molar refractivity (Wildman–Crippen MR) is 209 cm³/mol. The van der Waals surface area contributed by atoms with Crippen LogP contribution < -0.4 is 0 Å². The van der Waals surface area contributed by atoms with Crippen LogP contribution in [0.5, 0.6) is 0 Å². The van der Waals surface area contributed by atoms with Gasteiger partial charge >= 0.3 is 0 Å². The third-order valence-electron chi connectivity index (χ3n) is 10.6. The SMILES string of the molecule is Cn1c(-c2ccccc2)nc2cc(-c3cnc(-c4cc5ccc6cccc7c8cccc9ccc%10cccc(c(c4)c5c67)c%10c98)nc3)ccc21. The second kappa shape index (κ2) is 10.2. The fraction of sp³-hybridized carbons (Fsp3) is 0.0217. The van der Waals surface area contributed by atoms with Gasteiger partial charge in [0.1, 0.15) is 5.82 Å². The Hall–Kier alpha value is -6.65. The summed E-state index contributed by atoms with van der Waals surface area (Å²) < 4.78 is 2.15. The van der Waals surface area contributed by atoms with E-state index < -0.39 is 0 Å². The molecule has 0 bridgehead atoms. The number of aryl methyl sites for hydroxylation is 1. The van der Waals surface area contributed by atoms with Gasteiger partial charge in [-0.15, -0.1) is 0 Å². The van der Waals surface area contributed by atoms with Crippen LogP contribution in [0, 0.1) is 0 Å². The summed E-state index contributed by atoms with van der Waals surface area (Å²) in [6.07, 6.45) is 3.88. The summed E-state index contributed by atoms with van der Waals surface area (Å²) in [6, 6.07) is 50.4. The Bertz CT molecular complexity index is 3130. The van der Waals surface area contributed by atoms with Crippen LogP contribution in [0.2, 0.25) is 0 Å². The van der Waals surface area contributed by atoms with E-state index >= 15 is 0 Å². The van der Waals surface area contributed by atoms with E-state index in [9.17, 15) is 0 Å². The van der Waals surface area contributed by atoms with Crippen molar-refractivity contribution in [2.75, 3.05) is 0 Å². The quantitative estimate of drug-likeness (QED) is 0.181. The van der Waals surface area contributed by atoms with Gasteiger partial charge < -0.3 is 4.57 Å². The lowest BCUT2D eigenvalue weighted by molar-refractivity contribution is 0.959. The molecule has 232 valence electrons. The zero-order valence-electron chi connectivity index (χ0n) is 27.2. The normalized spacial score (nSPS) is 12.1. The first-order chi connectivity index (χ1) is 24.7. The summed E-state index contributed by atoms with van der Waals surface area (Å²) in [5.74, 6) is 1.66. The fourth-order valence-corrected chi connectivity index (χ4v) is 8.26. The first-order valence-electron chi connectivity index (χ1n) is 17.0. The summed E-state index contributed by atoms with van der Waals surface area (Å²) in [5.41, 5.74) is 6.14. The number of hydrogen-bond donors (Lipinski definition) is 0. The molecule has 0 fully saturated rings. The highest BCUT2D eigenvalue weighted by atomic mass is 15.1. The van der Waals surface area contributed by atoms with E-state index in [0.29, 0.717) is 5.82 Å². The molecule has 0 aliphatic carbocycles. The van der Waals surface area contributed by atoms with Gasteiger partial charge in [-0.2, -0.15) is 0 Å². The predicted octanol–water partition coefficient (Wildman–Crippen LogP) is 11.7. The van der Waals surface area contributed by atoms with E-state index in [0.717, 1.165) is 39.1 Å². The molecule has 0 unspecified atom stereocenters. The monoisotopic (exact) mass is 636 g/mol. The molecule has 4 heteroatoms. The lowest BCUT2D eigenvalue weighted by atomic mass is 9.87. The lowest BCUT2D eigenvalue weighted by Crippen LogP contribution is -1.93. The molecule has 0 radical (unpaired) electrons. The van der Waals surface area contributed by atoms with Crippen molar-refractivity contribution in [1.82, 2.24) is 19.5 Å². The van der Waals surface area contributed by atoms with Gasteiger partial charge in [-0.3, -0.25) is 0 Å². The molecule has 11 rings (SSSR count). The van der Waals surface area contributed by atoms with Crippen LogP contribution >= 0.6 is 0 Å². The van der Waals surface area contributed by atoms with E-state index in [1.54, 1.807) is 0 Å². The molecular formula is C46H28N4. The minimum absolute atomic E-state index is 0.707. The highest BCUT2D eigenvalue weighted by Crippen LogP contribution is 2.44. The molecule has 2 aromatic heterocycles. The maximum Gasteiger partial charge on any atom is 0.159 e. The summed E-state index contributed by atoms with van der Waals surface area (Å²) >= 11 is 0. The van der Waals surface area contributed by atoms with Gasteiger partial charge in [0.05, 0.1) is 11.0 Å². The molecule has 50 heavy (non-hydrogen) atoms. The number of benzene rings is 8. The smallest absolute Gasteiger partial charge is 0.159 e. The van der Waals surface area contributed by atoms with Gasteiger partial charge in [-0.1, -0.05) is 115 Å². The first kappa shape index (κ1) is 27.3. The van der Waals surface area contributed by atoms with E-state index in [-0.39, 0.29) is 0 Å². The molecule has 2 heterocycles. The molecule has 0 spiro atoms. The van der Waals surface area contributed by atoms with Crippen molar-refractivity contribution < 1.29 is 0 Å². The molecule has 0 saturated heterocycles. The molecular weight excluding hydrogens is 609 g/mol. The van der Waals surface area contributed by atoms with E-state index in [2.05, 4.69) is 133 Å². The Labute approximate surface area is 287 Å². The number of nitrogens with zero attached hydrogens (tertiary/aromatic N) is 4. The van der Waals surface area contributed by atoms with Gasteiger partial charge in [-0.05, 0) is 94.5 Å². The lowest BCUT2D eigenvalue weighted by Gasteiger charge is -2.16. The van der Waals surface area contributed by atoms with Crippen molar-refractivity contribution in [2.24, 2.45) is 7.05 Å². The maximum absolute atomic E-state index is 4.99. The minimum atomic E-state index is 0.707. The average Bonchev–Trinajstić information content (AvgIpc) is 3.51. The number of fused-ring (bicyclic) bond motifs is 3. The Morgan fingerprint density at radius 1 is 0.420 bits per heavy atom. The van der Waals surface area contributed by atoms with Gasteiger partial charge in [0.25, 0.3) is 0 Å². The van der Waals surface area contributed by atoms with E-state index in [1.165, 1.54) is 64.6 Å². The zero-order chi connectivity index (χ0) is 32.9. The number of hydrogen-bond acceptors (Lipinski definition) is 3. The molecule has 11 aromatic rings. The van der Waals surface area contributed by atoms with Crippen LogP contribution in [0.3, 0.4) is 0 Å². The Morgan fingerprint density at radius 3 is 1.64 bits per heavy atom. The number of aromatic nitrogens is 4. The maximum atomic E-state index is 4.99. The molecule has 0 aliphatic heterocycles. The van der Waals surface area contributed by atoms with Crippen LogP contribution in [0.4, 0.5) is 0 Å². The number of imidazole rings is 1. The Kier molecular flexibility index (Phi) is 5.56. The molecule has 0 N–H and O–H groups in total. The topological polar surface area (TPSA) is 43.6 Å². The average molecular weight is 637 g/mol. The van der Waals surface area contributed by atoms with Crippen molar-refractivity contribution in [1.29, 1.82) is 0 Å². The highest BCUT2D eigenvalue weighted by Gasteiger charge is 2.17. The first-order valence-corrected chi connectivity index (χ1v) is 17.0. The van der Waals surface area contributed by atoms with Gasteiger partial charge in [0.2, 0.25) is 0 Å². The van der Waals surface area contributed by atoms with Crippen molar-refractivity contribution in [3.63, 3.8) is 0 Å². The third kappa shape index (κ3) is 3.84. The largest absolute Gasteiger partial charge is 0.327 e.